The maximum atomic E-state index is 5.34. The van der Waals surface area contributed by atoms with E-state index in [1.54, 1.807) is 7.11 Å². The van der Waals surface area contributed by atoms with Crippen molar-refractivity contribution in [1.29, 1.82) is 0 Å². The summed E-state index contributed by atoms with van der Waals surface area (Å²) in [4.78, 5) is 12.5. The fraction of sp³-hybridized carbons (Fsp3) is 0.500. The Labute approximate surface area is 172 Å². The minimum Gasteiger partial charge on any atom is -0.497 e. The van der Waals surface area contributed by atoms with Crippen molar-refractivity contribution in [2.45, 2.75) is 58.0 Å². The molecule has 5 rings (SSSR count). The molecule has 2 aromatic heterocycles. The largest absolute Gasteiger partial charge is 0.497 e. The van der Waals surface area contributed by atoms with E-state index in [2.05, 4.69) is 47.6 Å². The third kappa shape index (κ3) is 3.03. The molecule has 3 aromatic rings. The third-order valence-corrected chi connectivity index (χ3v) is 6.78. The van der Waals surface area contributed by atoms with E-state index in [4.69, 9.17) is 14.7 Å². The molecule has 2 aliphatic rings. The molecule has 29 heavy (non-hydrogen) atoms. The van der Waals surface area contributed by atoms with Gasteiger partial charge in [0.05, 0.1) is 19.0 Å². The van der Waals surface area contributed by atoms with Crippen LogP contribution in [0.3, 0.4) is 0 Å². The molecule has 152 valence electrons. The first-order valence-corrected chi connectivity index (χ1v) is 10.7. The van der Waals surface area contributed by atoms with Gasteiger partial charge in [0, 0.05) is 42.2 Å². The topological polar surface area (TPSA) is 43.2 Å². The van der Waals surface area contributed by atoms with Gasteiger partial charge in [-0.1, -0.05) is 26.0 Å². The second-order valence-electron chi connectivity index (χ2n) is 9.19. The molecule has 1 fully saturated rings. The summed E-state index contributed by atoms with van der Waals surface area (Å²) in [6, 6.07) is 9.00. The van der Waals surface area contributed by atoms with E-state index < -0.39 is 0 Å². The summed E-state index contributed by atoms with van der Waals surface area (Å²) < 4.78 is 7.81. The lowest BCUT2D eigenvalue weighted by molar-refractivity contribution is 0.240. The average molecular weight is 391 g/mol. The normalized spacial score (nSPS) is 19.4. The highest BCUT2D eigenvalue weighted by molar-refractivity contribution is 5.79. The predicted molar refractivity (Wildman–Crippen MR) is 116 cm³/mol. The summed E-state index contributed by atoms with van der Waals surface area (Å²) in [7, 11) is 1.71. The standard InChI is InChI=1S/C24H30N4O/c1-16-14-25-23-22(26-16)21-19-6-5-12-27(19)13-11-20(21)28(23)15-24(2,3)17-7-9-18(29-4)10-8-17/h7-10,14,19H,5-6,11-13,15H2,1-4H3. The van der Waals surface area contributed by atoms with E-state index in [0.29, 0.717) is 6.04 Å². The highest BCUT2D eigenvalue weighted by Crippen LogP contribution is 2.43. The van der Waals surface area contributed by atoms with Crippen molar-refractivity contribution >= 4 is 11.2 Å². The Morgan fingerprint density at radius 3 is 2.72 bits per heavy atom. The number of hydrogen-bond acceptors (Lipinski definition) is 4. The maximum Gasteiger partial charge on any atom is 0.159 e. The van der Waals surface area contributed by atoms with Crippen LogP contribution in [0.5, 0.6) is 5.75 Å². The molecule has 5 nitrogen and oxygen atoms in total. The first kappa shape index (κ1) is 18.6. The van der Waals surface area contributed by atoms with Crippen LogP contribution in [-0.4, -0.2) is 39.6 Å². The SMILES string of the molecule is COc1ccc(C(C)(C)Cn2c3c(c4nc(C)cnc42)C2CCCN2CC3)cc1. The van der Waals surface area contributed by atoms with E-state index in [1.807, 2.05) is 13.1 Å². The van der Waals surface area contributed by atoms with E-state index in [9.17, 15) is 0 Å². The van der Waals surface area contributed by atoms with Gasteiger partial charge in [-0.2, -0.15) is 0 Å². The minimum absolute atomic E-state index is 0.0225. The van der Waals surface area contributed by atoms with Gasteiger partial charge in [-0.05, 0) is 44.0 Å². The Morgan fingerprint density at radius 2 is 1.97 bits per heavy atom. The molecule has 0 N–H and O–H groups in total. The van der Waals surface area contributed by atoms with Crippen LogP contribution in [0.2, 0.25) is 0 Å². The first-order valence-electron chi connectivity index (χ1n) is 10.7. The van der Waals surface area contributed by atoms with Gasteiger partial charge in [-0.3, -0.25) is 4.90 Å². The number of aromatic nitrogens is 3. The third-order valence-electron chi connectivity index (χ3n) is 6.78. The molecule has 0 spiro atoms. The average Bonchev–Trinajstić information content (AvgIpc) is 3.30. The number of aryl methyl sites for hydroxylation is 1. The highest BCUT2D eigenvalue weighted by atomic mass is 16.5. The fourth-order valence-corrected chi connectivity index (χ4v) is 5.25. The van der Waals surface area contributed by atoms with Gasteiger partial charge in [0.2, 0.25) is 0 Å². The van der Waals surface area contributed by atoms with Crippen LogP contribution in [0.15, 0.2) is 30.5 Å². The van der Waals surface area contributed by atoms with Crippen molar-refractivity contribution in [2.75, 3.05) is 20.2 Å². The molecule has 1 saturated heterocycles. The number of ether oxygens (including phenoxy) is 1. The second-order valence-corrected chi connectivity index (χ2v) is 9.19. The predicted octanol–water partition coefficient (Wildman–Crippen LogP) is 4.42. The fourth-order valence-electron chi connectivity index (χ4n) is 5.25. The monoisotopic (exact) mass is 390 g/mol. The molecule has 4 heterocycles. The van der Waals surface area contributed by atoms with Crippen molar-refractivity contribution in [3.8, 4) is 5.75 Å². The number of rotatable bonds is 4. The molecular formula is C24H30N4O. The van der Waals surface area contributed by atoms with E-state index in [-0.39, 0.29) is 5.41 Å². The summed E-state index contributed by atoms with van der Waals surface area (Å²) in [5.74, 6) is 0.899. The van der Waals surface area contributed by atoms with Gasteiger partial charge < -0.3 is 9.30 Å². The summed E-state index contributed by atoms with van der Waals surface area (Å²) >= 11 is 0. The molecule has 1 atom stereocenters. The lowest BCUT2D eigenvalue weighted by Gasteiger charge is -2.32. The van der Waals surface area contributed by atoms with Crippen LogP contribution >= 0.6 is 0 Å². The Hall–Kier alpha value is -2.40. The quantitative estimate of drug-likeness (QED) is 0.661. The molecule has 0 radical (unpaired) electrons. The van der Waals surface area contributed by atoms with Gasteiger partial charge in [-0.25, -0.2) is 9.97 Å². The molecule has 0 aliphatic carbocycles. The molecule has 1 unspecified atom stereocenters. The van der Waals surface area contributed by atoms with Crippen molar-refractivity contribution < 1.29 is 4.74 Å². The summed E-state index contributed by atoms with van der Waals surface area (Å²) in [5, 5.41) is 0. The maximum absolute atomic E-state index is 5.34. The number of hydrogen-bond donors (Lipinski definition) is 0. The molecule has 0 saturated carbocycles. The van der Waals surface area contributed by atoms with Crippen LogP contribution in [0.25, 0.3) is 11.2 Å². The Balaban J connectivity index is 1.61. The Kier molecular flexibility index (Phi) is 4.39. The van der Waals surface area contributed by atoms with Crippen molar-refractivity contribution in [3.63, 3.8) is 0 Å². The van der Waals surface area contributed by atoms with Gasteiger partial charge in [0.1, 0.15) is 11.3 Å². The van der Waals surface area contributed by atoms with Crippen molar-refractivity contribution in [3.05, 3.63) is 53.0 Å². The zero-order chi connectivity index (χ0) is 20.2. The number of methoxy groups -OCH3 is 1. The minimum atomic E-state index is -0.0225. The molecule has 5 heteroatoms. The lowest BCUT2D eigenvalue weighted by atomic mass is 9.84. The number of nitrogens with zero attached hydrogens (tertiary/aromatic N) is 4. The lowest BCUT2D eigenvalue weighted by Crippen LogP contribution is -2.33. The van der Waals surface area contributed by atoms with Gasteiger partial charge >= 0.3 is 0 Å². The van der Waals surface area contributed by atoms with Gasteiger partial charge in [0.15, 0.2) is 5.65 Å². The van der Waals surface area contributed by atoms with Crippen LogP contribution in [0, 0.1) is 6.92 Å². The zero-order valence-electron chi connectivity index (χ0n) is 17.9. The van der Waals surface area contributed by atoms with Crippen LogP contribution < -0.4 is 4.74 Å². The van der Waals surface area contributed by atoms with Crippen LogP contribution in [0.4, 0.5) is 0 Å². The van der Waals surface area contributed by atoms with Crippen molar-refractivity contribution in [1.82, 2.24) is 19.4 Å². The van der Waals surface area contributed by atoms with Crippen LogP contribution in [-0.2, 0) is 18.4 Å². The van der Waals surface area contributed by atoms with Gasteiger partial charge in [0.25, 0.3) is 0 Å². The number of benzene rings is 1. The Morgan fingerprint density at radius 1 is 1.17 bits per heavy atom. The molecule has 2 aliphatic heterocycles. The highest BCUT2D eigenvalue weighted by Gasteiger charge is 2.37. The van der Waals surface area contributed by atoms with E-state index in [1.165, 1.54) is 36.2 Å². The molecule has 0 amide bonds. The summed E-state index contributed by atoms with van der Waals surface area (Å²) in [6.07, 6.45) is 5.52. The first-order chi connectivity index (χ1) is 14.0. The molecule has 0 bridgehead atoms. The van der Waals surface area contributed by atoms with Crippen molar-refractivity contribution in [2.24, 2.45) is 0 Å². The summed E-state index contributed by atoms with van der Waals surface area (Å²) in [6.45, 7) is 9.95. The van der Waals surface area contributed by atoms with E-state index in [0.717, 1.165) is 42.1 Å². The molecular weight excluding hydrogens is 360 g/mol. The molecule has 1 aromatic carbocycles. The van der Waals surface area contributed by atoms with Gasteiger partial charge in [-0.15, -0.1) is 0 Å². The van der Waals surface area contributed by atoms with Crippen LogP contribution in [0.1, 0.15) is 55.2 Å². The zero-order valence-corrected chi connectivity index (χ0v) is 17.9. The Bertz CT molecular complexity index is 1050. The summed E-state index contributed by atoms with van der Waals surface area (Å²) in [5.41, 5.74) is 7.37. The second kappa shape index (κ2) is 6.84. The smallest absolute Gasteiger partial charge is 0.159 e. The number of fused-ring (bicyclic) bond motifs is 5. The van der Waals surface area contributed by atoms with E-state index >= 15 is 0 Å².